The first-order valence-corrected chi connectivity index (χ1v) is 7.53. The molecule has 0 saturated carbocycles. The molecule has 0 atom stereocenters. The Morgan fingerprint density at radius 3 is 2.78 bits per heavy atom. The zero-order chi connectivity index (χ0) is 17.0. The zero-order valence-corrected chi connectivity index (χ0v) is 13.6. The molecule has 0 saturated heterocycles. The van der Waals surface area contributed by atoms with E-state index in [9.17, 15) is 13.6 Å². The van der Waals surface area contributed by atoms with Crippen LogP contribution in [0.5, 0.6) is 0 Å². The number of carbonyl (C=O) groups is 1. The summed E-state index contributed by atoms with van der Waals surface area (Å²) < 4.78 is 27.4. The molecule has 0 aliphatic heterocycles. The van der Waals surface area contributed by atoms with Gasteiger partial charge in [0.05, 0.1) is 18.1 Å². The van der Waals surface area contributed by atoms with Crippen molar-refractivity contribution in [2.24, 2.45) is 0 Å². The van der Waals surface area contributed by atoms with E-state index in [1.54, 1.807) is 37.6 Å². The number of pyridine rings is 1. The largest absolute Gasteiger partial charge is 0.309 e. The minimum atomic E-state index is -2.88. The average Bonchev–Trinajstić information content (AvgIpc) is 2.88. The summed E-state index contributed by atoms with van der Waals surface area (Å²) in [6.07, 6.45) is 4.05. The summed E-state index contributed by atoms with van der Waals surface area (Å²) >= 11 is 6.11. The number of amides is 1. The molecule has 1 amide bonds. The van der Waals surface area contributed by atoms with Crippen molar-refractivity contribution in [1.29, 1.82) is 0 Å². The Morgan fingerprint density at radius 1 is 1.48 bits per heavy atom. The van der Waals surface area contributed by atoms with E-state index in [-0.39, 0.29) is 11.6 Å². The van der Waals surface area contributed by atoms with E-state index in [0.717, 1.165) is 6.92 Å². The van der Waals surface area contributed by atoms with E-state index < -0.39 is 18.3 Å². The molecule has 8 heteroatoms. The third-order valence-electron chi connectivity index (χ3n) is 3.25. The molecule has 0 unspecified atom stereocenters. The van der Waals surface area contributed by atoms with Crippen LogP contribution in [0.4, 0.5) is 14.5 Å². The Bertz CT molecular complexity index is 670. The predicted octanol–water partition coefficient (Wildman–Crippen LogP) is 3.71. The van der Waals surface area contributed by atoms with Gasteiger partial charge in [0.25, 0.3) is 0 Å². The highest BCUT2D eigenvalue weighted by atomic mass is 35.5. The lowest BCUT2D eigenvalue weighted by Gasteiger charge is -2.20. The molecular weight excluding hydrogens is 326 g/mol. The van der Waals surface area contributed by atoms with Crippen LogP contribution in [0.25, 0.3) is 5.69 Å². The zero-order valence-electron chi connectivity index (χ0n) is 12.8. The first kappa shape index (κ1) is 17.3. The highest BCUT2D eigenvalue weighted by Gasteiger charge is 2.26. The van der Waals surface area contributed by atoms with Gasteiger partial charge >= 0.3 is 0 Å². The smallest absolute Gasteiger partial charge is 0.245 e. The standard InChI is InChI=1S/C15H17ClF2N4O/c1-3-21(13(23)6-7-15(2,17)18)12-10-22(20-14(12)16)11-5-4-8-19-9-11/h4-5,8-10H,3,6-7H2,1-2H3. The number of alkyl halides is 2. The summed E-state index contributed by atoms with van der Waals surface area (Å²) in [5.41, 5.74) is 1.08. The third-order valence-corrected chi connectivity index (χ3v) is 3.52. The summed E-state index contributed by atoms with van der Waals surface area (Å²) in [5, 5.41) is 4.27. The van der Waals surface area contributed by atoms with Crippen LogP contribution in [0.3, 0.4) is 0 Å². The molecule has 124 valence electrons. The monoisotopic (exact) mass is 342 g/mol. The Balaban J connectivity index is 2.21. The molecule has 0 fully saturated rings. The normalized spacial score (nSPS) is 11.5. The molecule has 2 aromatic rings. The van der Waals surface area contributed by atoms with E-state index in [0.29, 0.717) is 17.9 Å². The molecule has 0 spiro atoms. The minimum Gasteiger partial charge on any atom is -0.309 e. The van der Waals surface area contributed by atoms with Crippen LogP contribution >= 0.6 is 11.6 Å². The fourth-order valence-corrected chi connectivity index (χ4v) is 2.32. The maximum atomic E-state index is 12.9. The van der Waals surface area contributed by atoms with Crippen molar-refractivity contribution in [2.45, 2.75) is 32.6 Å². The molecule has 2 aromatic heterocycles. The van der Waals surface area contributed by atoms with E-state index in [2.05, 4.69) is 10.1 Å². The second-order valence-electron chi connectivity index (χ2n) is 5.17. The topological polar surface area (TPSA) is 51.0 Å². The summed E-state index contributed by atoms with van der Waals surface area (Å²) in [7, 11) is 0. The lowest BCUT2D eigenvalue weighted by Crippen LogP contribution is -2.31. The Hall–Kier alpha value is -2.02. The molecule has 0 aliphatic rings. The van der Waals surface area contributed by atoms with Crippen LogP contribution in [-0.4, -0.2) is 33.1 Å². The highest BCUT2D eigenvalue weighted by molar-refractivity contribution is 6.32. The maximum Gasteiger partial charge on any atom is 0.245 e. The van der Waals surface area contributed by atoms with Gasteiger partial charge in [0, 0.05) is 25.6 Å². The van der Waals surface area contributed by atoms with Gasteiger partial charge in [-0.15, -0.1) is 0 Å². The van der Waals surface area contributed by atoms with Crippen molar-refractivity contribution >= 4 is 23.2 Å². The fourth-order valence-electron chi connectivity index (χ4n) is 2.09. The Kier molecular flexibility index (Phi) is 5.30. The van der Waals surface area contributed by atoms with Gasteiger partial charge in [-0.25, -0.2) is 13.5 Å². The van der Waals surface area contributed by atoms with Crippen molar-refractivity contribution in [3.8, 4) is 5.69 Å². The average molecular weight is 343 g/mol. The van der Waals surface area contributed by atoms with Crippen molar-refractivity contribution in [3.63, 3.8) is 0 Å². The number of carbonyl (C=O) groups excluding carboxylic acids is 1. The minimum absolute atomic E-state index is 0.132. The molecule has 2 rings (SSSR count). The van der Waals surface area contributed by atoms with Crippen molar-refractivity contribution in [3.05, 3.63) is 35.9 Å². The van der Waals surface area contributed by atoms with E-state index in [1.165, 1.54) is 9.58 Å². The van der Waals surface area contributed by atoms with E-state index in [4.69, 9.17) is 11.6 Å². The van der Waals surface area contributed by atoms with Gasteiger partial charge in [-0.1, -0.05) is 11.6 Å². The molecule has 23 heavy (non-hydrogen) atoms. The Morgan fingerprint density at radius 2 is 2.22 bits per heavy atom. The highest BCUT2D eigenvalue weighted by Crippen LogP contribution is 2.27. The third kappa shape index (κ3) is 4.48. The van der Waals surface area contributed by atoms with Gasteiger partial charge in [-0.05, 0) is 26.0 Å². The maximum absolute atomic E-state index is 12.9. The number of aromatic nitrogens is 3. The van der Waals surface area contributed by atoms with Gasteiger partial charge in [0.15, 0.2) is 5.15 Å². The fraction of sp³-hybridized carbons (Fsp3) is 0.400. The number of hydrogen-bond donors (Lipinski definition) is 0. The summed E-state index contributed by atoms with van der Waals surface area (Å²) in [6.45, 7) is 2.86. The second-order valence-corrected chi connectivity index (χ2v) is 5.53. The molecule has 0 bridgehead atoms. The van der Waals surface area contributed by atoms with Gasteiger partial charge in [0.2, 0.25) is 11.8 Å². The van der Waals surface area contributed by atoms with E-state index in [1.807, 2.05) is 0 Å². The molecule has 0 radical (unpaired) electrons. The number of halogens is 3. The molecule has 0 N–H and O–H groups in total. The number of anilines is 1. The second kappa shape index (κ2) is 7.04. The summed E-state index contributed by atoms with van der Waals surface area (Å²) in [4.78, 5) is 17.5. The predicted molar refractivity (Wildman–Crippen MR) is 84.3 cm³/mol. The molecule has 5 nitrogen and oxygen atoms in total. The van der Waals surface area contributed by atoms with Crippen LogP contribution < -0.4 is 4.90 Å². The van der Waals surface area contributed by atoms with Crippen molar-refractivity contribution < 1.29 is 13.6 Å². The number of nitrogens with zero attached hydrogens (tertiary/aromatic N) is 4. The van der Waals surface area contributed by atoms with Crippen LogP contribution in [0.2, 0.25) is 5.15 Å². The number of rotatable bonds is 6. The number of hydrogen-bond acceptors (Lipinski definition) is 3. The molecule has 2 heterocycles. The van der Waals surface area contributed by atoms with Crippen molar-refractivity contribution in [1.82, 2.24) is 14.8 Å². The van der Waals surface area contributed by atoms with Crippen LogP contribution in [0.1, 0.15) is 26.7 Å². The molecule has 0 aromatic carbocycles. The van der Waals surface area contributed by atoms with Crippen molar-refractivity contribution in [2.75, 3.05) is 11.4 Å². The lowest BCUT2D eigenvalue weighted by molar-refractivity contribution is -0.120. The van der Waals surface area contributed by atoms with Gasteiger partial charge in [-0.3, -0.25) is 9.78 Å². The first-order chi connectivity index (χ1) is 10.8. The van der Waals surface area contributed by atoms with Gasteiger partial charge < -0.3 is 4.90 Å². The van der Waals surface area contributed by atoms with Crippen LogP contribution in [0, 0.1) is 0 Å². The summed E-state index contributed by atoms with van der Waals surface area (Å²) in [5.74, 6) is -3.29. The Labute approximate surface area is 137 Å². The van der Waals surface area contributed by atoms with Crippen LogP contribution in [0.15, 0.2) is 30.7 Å². The van der Waals surface area contributed by atoms with Gasteiger partial charge in [-0.2, -0.15) is 5.10 Å². The SMILES string of the molecule is CCN(C(=O)CCC(C)(F)F)c1cn(-c2cccnc2)nc1Cl. The van der Waals surface area contributed by atoms with Crippen LogP contribution in [-0.2, 0) is 4.79 Å². The molecular formula is C15H17ClF2N4O. The van der Waals surface area contributed by atoms with Gasteiger partial charge in [0.1, 0.15) is 5.69 Å². The van der Waals surface area contributed by atoms with E-state index >= 15 is 0 Å². The lowest BCUT2D eigenvalue weighted by atomic mass is 10.2. The summed E-state index contributed by atoms with van der Waals surface area (Å²) in [6, 6.07) is 3.53. The quantitative estimate of drug-likeness (QED) is 0.804. The first-order valence-electron chi connectivity index (χ1n) is 7.15. The molecule has 0 aliphatic carbocycles.